The second-order valence-corrected chi connectivity index (χ2v) is 11.4. The van der Waals surface area contributed by atoms with Crippen molar-refractivity contribution in [2.24, 2.45) is 5.73 Å². The number of amides is 1. The van der Waals surface area contributed by atoms with Crippen LogP contribution in [0.15, 0.2) is 41.3 Å². The Morgan fingerprint density at radius 3 is 2.35 bits per heavy atom. The number of sulfone groups is 1. The second kappa shape index (κ2) is 9.06. The molecule has 0 saturated heterocycles. The van der Waals surface area contributed by atoms with Crippen molar-refractivity contribution >= 4 is 21.4 Å². The highest BCUT2D eigenvalue weighted by Gasteiger charge is 2.38. The summed E-state index contributed by atoms with van der Waals surface area (Å²) in [5, 5.41) is 11.9. The van der Waals surface area contributed by atoms with E-state index in [9.17, 15) is 26.4 Å². The van der Waals surface area contributed by atoms with Crippen LogP contribution in [0.3, 0.4) is 0 Å². The highest BCUT2D eigenvalue weighted by atomic mass is 32.2. The molecule has 1 atom stereocenters. The van der Waals surface area contributed by atoms with E-state index in [1.807, 2.05) is 0 Å². The maximum absolute atomic E-state index is 15.2. The predicted molar refractivity (Wildman–Crippen MR) is 123 cm³/mol. The van der Waals surface area contributed by atoms with Crippen molar-refractivity contribution in [3.8, 4) is 17.1 Å². The first-order valence-electron chi connectivity index (χ1n) is 10.8. The molecule has 10 nitrogen and oxygen atoms in total. The monoisotopic (exact) mass is 542 g/mol. The number of alkyl halides is 3. The number of rotatable bonds is 4. The van der Waals surface area contributed by atoms with Gasteiger partial charge in [-0.1, -0.05) is 12.1 Å². The Morgan fingerprint density at radius 1 is 1.14 bits per heavy atom. The van der Waals surface area contributed by atoms with Gasteiger partial charge in [0.15, 0.2) is 9.84 Å². The van der Waals surface area contributed by atoms with E-state index in [4.69, 9.17) is 5.73 Å². The van der Waals surface area contributed by atoms with E-state index >= 15 is 4.39 Å². The van der Waals surface area contributed by atoms with Crippen LogP contribution >= 0.6 is 0 Å². The van der Waals surface area contributed by atoms with Crippen molar-refractivity contribution in [2.75, 3.05) is 10.7 Å². The average molecular weight is 543 g/mol. The van der Waals surface area contributed by atoms with Gasteiger partial charge in [-0.3, -0.25) is 4.79 Å². The van der Waals surface area contributed by atoms with Gasteiger partial charge in [0, 0.05) is 0 Å². The first kappa shape index (κ1) is 26.5. The number of hydrogen-bond donors (Lipinski definition) is 1. The summed E-state index contributed by atoms with van der Waals surface area (Å²) in [6.45, 7) is 5.12. The van der Waals surface area contributed by atoms with Crippen LogP contribution in [0.4, 0.5) is 23.2 Å². The zero-order valence-corrected chi connectivity index (χ0v) is 20.6. The Hall–Kier alpha value is -3.59. The number of benzene rings is 2. The molecule has 0 unspecified atom stereocenters. The molecule has 0 radical (unpaired) electrons. The summed E-state index contributed by atoms with van der Waals surface area (Å²) in [5.74, 6) is -3.10. The lowest BCUT2D eigenvalue weighted by Crippen LogP contribution is -2.45. The summed E-state index contributed by atoms with van der Waals surface area (Å²) in [7, 11) is -4.19. The molecule has 3 aromatic rings. The van der Waals surface area contributed by atoms with Crippen molar-refractivity contribution in [1.82, 2.24) is 20.2 Å². The molecular formula is C22H22F4N6O4S. The molecule has 0 saturated carbocycles. The Balaban J connectivity index is 1.80. The van der Waals surface area contributed by atoms with Crippen LogP contribution in [0.5, 0.6) is 5.75 Å². The molecule has 2 N–H and O–H groups in total. The molecule has 0 spiro atoms. The lowest BCUT2D eigenvalue weighted by Gasteiger charge is -2.25. The van der Waals surface area contributed by atoms with Gasteiger partial charge in [0.1, 0.15) is 11.6 Å². The molecular weight excluding hydrogens is 520 g/mol. The molecule has 2 aromatic carbocycles. The number of nitrogens with zero attached hydrogens (tertiary/aromatic N) is 5. The van der Waals surface area contributed by atoms with Crippen LogP contribution in [-0.2, 0) is 26.7 Å². The van der Waals surface area contributed by atoms with Gasteiger partial charge in [0.2, 0.25) is 11.7 Å². The van der Waals surface area contributed by atoms with Crippen LogP contribution in [0.1, 0.15) is 26.3 Å². The SMILES string of the molecule is CC(C)(C)n1nnc(-c2cc3c(cc2F)S(=O)(=O)C[C@H](N)C(=O)N3Cc2ccc(OC(F)(F)F)cc2)n1. The predicted octanol–water partition coefficient (Wildman–Crippen LogP) is 2.78. The minimum atomic E-state index is -4.88. The van der Waals surface area contributed by atoms with E-state index in [1.165, 1.54) is 16.9 Å². The number of anilines is 1. The molecule has 0 bridgehead atoms. The number of carbonyl (C=O) groups is 1. The number of hydrogen-bond acceptors (Lipinski definition) is 8. The number of aromatic nitrogens is 4. The minimum absolute atomic E-state index is 0.137. The zero-order chi connectivity index (χ0) is 27.3. The molecule has 1 aliphatic heterocycles. The molecule has 2 heterocycles. The van der Waals surface area contributed by atoms with Gasteiger partial charge in [-0.05, 0) is 55.8 Å². The highest BCUT2D eigenvalue weighted by Crippen LogP contribution is 2.36. The van der Waals surface area contributed by atoms with Gasteiger partial charge in [0.25, 0.3) is 0 Å². The van der Waals surface area contributed by atoms with Gasteiger partial charge in [0.05, 0.1) is 40.0 Å². The van der Waals surface area contributed by atoms with Crippen molar-refractivity contribution < 1.29 is 35.5 Å². The van der Waals surface area contributed by atoms with Gasteiger partial charge in [-0.25, -0.2) is 12.8 Å². The largest absolute Gasteiger partial charge is 0.573 e. The third-order valence-corrected chi connectivity index (χ3v) is 7.20. The molecule has 0 fully saturated rings. The van der Waals surface area contributed by atoms with Crippen LogP contribution in [-0.4, -0.2) is 52.7 Å². The van der Waals surface area contributed by atoms with E-state index < -0.39 is 55.9 Å². The molecule has 37 heavy (non-hydrogen) atoms. The summed E-state index contributed by atoms with van der Waals surface area (Å²) >= 11 is 0. The summed E-state index contributed by atoms with van der Waals surface area (Å²) in [6.07, 6.45) is -4.88. The first-order chi connectivity index (χ1) is 17.0. The van der Waals surface area contributed by atoms with Crippen molar-refractivity contribution in [3.05, 3.63) is 47.8 Å². The number of nitrogens with two attached hydrogens (primary N) is 1. The Labute approximate surface area is 208 Å². The summed E-state index contributed by atoms with van der Waals surface area (Å²) in [6, 6.07) is 5.09. The first-order valence-corrected chi connectivity index (χ1v) is 12.5. The van der Waals surface area contributed by atoms with Crippen LogP contribution in [0.25, 0.3) is 11.4 Å². The number of carbonyl (C=O) groups excluding carboxylic acids is 1. The summed E-state index contributed by atoms with van der Waals surface area (Å²) in [4.78, 5) is 15.0. The quantitative estimate of drug-likeness (QED) is 0.498. The third kappa shape index (κ3) is 5.56. The maximum atomic E-state index is 15.2. The van der Waals surface area contributed by atoms with E-state index in [-0.39, 0.29) is 23.6 Å². The minimum Gasteiger partial charge on any atom is -0.406 e. The number of tetrazole rings is 1. The van der Waals surface area contributed by atoms with Crippen LogP contribution in [0, 0.1) is 5.82 Å². The van der Waals surface area contributed by atoms with Crippen LogP contribution < -0.4 is 15.4 Å². The normalized spacial score (nSPS) is 17.9. The number of ether oxygens (including phenoxy) is 1. The van der Waals surface area contributed by atoms with Crippen LogP contribution in [0.2, 0.25) is 0 Å². The Bertz CT molecular complexity index is 1450. The standard InChI is InChI=1S/C22H22F4N6O4S/c1-21(2,3)32-29-19(28-30-32)14-8-17-18(9-15(14)23)37(34,35)11-16(27)20(33)31(17)10-12-4-6-13(7-5-12)36-22(24,25)26/h4-9,16H,10-11,27H2,1-3H3/t16-/m0/s1. The fourth-order valence-electron chi connectivity index (χ4n) is 3.64. The molecule has 0 aliphatic carbocycles. The van der Waals surface area contributed by atoms with Crippen molar-refractivity contribution in [3.63, 3.8) is 0 Å². The van der Waals surface area contributed by atoms with Crippen molar-refractivity contribution in [1.29, 1.82) is 0 Å². The molecule has 1 aromatic heterocycles. The molecule has 1 amide bonds. The molecule has 4 rings (SSSR count). The Kier molecular flexibility index (Phi) is 6.48. The van der Waals surface area contributed by atoms with Gasteiger partial charge in [-0.15, -0.1) is 23.4 Å². The second-order valence-electron chi connectivity index (χ2n) is 9.38. The smallest absolute Gasteiger partial charge is 0.406 e. The average Bonchev–Trinajstić information content (AvgIpc) is 3.25. The molecule has 15 heteroatoms. The van der Waals surface area contributed by atoms with Crippen molar-refractivity contribution in [2.45, 2.75) is 50.2 Å². The van der Waals surface area contributed by atoms with Gasteiger partial charge < -0.3 is 15.4 Å². The maximum Gasteiger partial charge on any atom is 0.573 e. The summed E-state index contributed by atoms with van der Waals surface area (Å²) in [5.41, 5.74) is 5.25. The van der Waals surface area contributed by atoms with Gasteiger partial charge >= 0.3 is 6.36 Å². The third-order valence-electron chi connectivity index (χ3n) is 5.41. The Morgan fingerprint density at radius 2 is 1.78 bits per heavy atom. The summed E-state index contributed by atoms with van der Waals surface area (Å²) < 4.78 is 82.4. The lowest BCUT2D eigenvalue weighted by atomic mass is 10.1. The van der Waals surface area contributed by atoms with E-state index in [0.717, 1.165) is 29.2 Å². The fourth-order valence-corrected chi connectivity index (χ4v) is 5.21. The van der Waals surface area contributed by atoms with Gasteiger partial charge in [-0.2, -0.15) is 4.80 Å². The highest BCUT2D eigenvalue weighted by molar-refractivity contribution is 7.91. The number of fused-ring (bicyclic) bond motifs is 1. The fraction of sp³-hybridized carbons (Fsp3) is 0.364. The van der Waals surface area contributed by atoms with E-state index in [1.54, 1.807) is 20.8 Å². The molecule has 198 valence electrons. The zero-order valence-electron chi connectivity index (χ0n) is 19.8. The topological polar surface area (TPSA) is 133 Å². The van der Waals surface area contributed by atoms with E-state index in [2.05, 4.69) is 20.1 Å². The molecule has 1 aliphatic rings. The van der Waals surface area contributed by atoms with E-state index in [0.29, 0.717) is 5.56 Å². The lowest BCUT2D eigenvalue weighted by molar-refractivity contribution is -0.274. The number of halogens is 4.